The van der Waals surface area contributed by atoms with Crippen LogP contribution in [0.5, 0.6) is 11.5 Å². The van der Waals surface area contributed by atoms with E-state index in [0.717, 1.165) is 6.26 Å². The van der Waals surface area contributed by atoms with Crippen LogP contribution < -0.4 is 19.1 Å². The molecule has 0 saturated heterocycles. The van der Waals surface area contributed by atoms with Crippen molar-refractivity contribution in [1.82, 2.24) is 5.32 Å². The fourth-order valence-corrected chi connectivity index (χ4v) is 3.80. The number of sulfonamides is 1. The highest BCUT2D eigenvalue weighted by molar-refractivity contribution is 7.92. The highest BCUT2D eigenvalue weighted by Gasteiger charge is 2.21. The van der Waals surface area contributed by atoms with Crippen LogP contribution in [0.4, 0.5) is 10.1 Å². The molecule has 0 unspecified atom stereocenters. The minimum absolute atomic E-state index is 0.100. The second kappa shape index (κ2) is 8.47. The Morgan fingerprint density at radius 2 is 1.96 bits per heavy atom. The Hall–Kier alpha value is -2.81. The molecule has 2 aromatic rings. The van der Waals surface area contributed by atoms with Crippen LogP contribution in [-0.4, -0.2) is 33.9 Å². The first-order valence-corrected chi connectivity index (χ1v) is 10.6. The average molecular weight is 408 g/mol. The predicted octanol–water partition coefficient (Wildman–Crippen LogP) is 2.42. The third-order valence-electron chi connectivity index (χ3n) is 4.19. The van der Waals surface area contributed by atoms with Gasteiger partial charge in [-0.3, -0.25) is 9.10 Å². The summed E-state index contributed by atoms with van der Waals surface area (Å²) >= 11 is 0. The van der Waals surface area contributed by atoms with E-state index in [4.69, 9.17) is 9.47 Å². The maximum Gasteiger partial charge on any atom is 0.232 e. The molecule has 1 N–H and O–H groups in total. The lowest BCUT2D eigenvalue weighted by Crippen LogP contribution is -2.32. The van der Waals surface area contributed by atoms with Gasteiger partial charge in [-0.1, -0.05) is 12.1 Å². The Bertz CT molecular complexity index is 965. The van der Waals surface area contributed by atoms with E-state index >= 15 is 0 Å². The van der Waals surface area contributed by atoms with Crippen molar-refractivity contribution in [2.24, 2.45) is 0 Å². The van der Waals surface area contributed by atoms with Gasteiger partial charge in [0, 0.05) is 25.6 Å². The lowest BCUT2D eigenvalue weighted by Gasteiger charge is -2.22. The van der Waals surface area contributed by atoms with Gasteiger partial charge in [0.15, 0.2) is 11.5 Å². The summed E-state index contributed by atoms with van der Waals surface area (Å²) in [6, 6.07) is 10.9. The van der Waals surface area contributed by atoms with Gasteiger partial charge in [-0.2, -0.15) is 0 Å². The number of amides is 1. The number of hydrogen-bond donors (Lipinski definition) is 1. The minimum atomic E-state index is -3.53. The highest BCUT2D eigenvalue weighted by Crippen LogP contribution is 2.36. The molecule has 0 aromatic heterocycles. The summed E-state index contributed by atoms with van der Waals surface area (Å²) in [5, 5.41) is 2.70. The van der Waals surface area contributed by atoms with Gasteiger partial charge >= 0.3 is 0 Å². The van der Waals surface area contributed by atoms with Crippen molar-refractivity contribution in [1.29, 1.82) is 0 Å². The highest BCUT2D eigenvalue weighted by atomic mass is 32.2. The van der Waals surface area contributed by atoms with Crippen molar-refractivity contribution < 1.29 is 27.1 Å². The maximum atomic E-state index is 13.1. The van der Waals surface area contributed by atoms with Gasteiger partial charge in [0.2, 0.25) is 22.7 Å². The first-order chi connectivity index (χ1) is 13.3. The van der Waals surface area contributed by atoms with Crippen LogP contribution in [0.3, 0.4) is 0 Å². The van der Waals surface area contributed by atoms with E-state index in [1.807, 2.05) is 0 Å². The summed E-state index contributed by atoms with van der Waals surface area (Å²) in [5.74, 6) is 0.454. The van der Waals surface area contributed by atoms with Crippen molar-refractivity contribution >= 4 is 21.6 Å². The first kappa shape index (κ1) is 19.9. The Kier molecular flexibility index (Phi) is 6.03. The van der Waals surface area contributed by atoms with Gasteiger partial charge in [-0.05, 0) is 36.2 Å². The molecule has 0 radical (unpaired) electrons. The van der Waals surface area contributed by atoms with Gasteiger partial charge in [0.1, 0.15) is 5.82 Å². The van der Waals surface area contributed by atoms with E-state index in [0.29, 0.717) is 29.2 Å². The summed E-state index contributed by atoms with van der Waals surface area (Å²) < 4.78 is 49.2. The maximum absolute atomic E-state index is 13.1. The van der Waals surface area contributed by atoms with E-state index in [1.165, 1.54) is 16.4 Å². The molecule has 0 atom stereocenters. The smallest absolute Gasteiger partial charge is 0.232 e. The fourth-order valence-electron chi connectivity index (χ4n) is 2.85. The van der Waals surface area contributed by atoms with Crippen LogP contribution in [0.15, 0.2) is 42.5 Å². The van der Waals surface area contributed by atoms with E-state index in [-0.39, 0.29) is 38.0 Å². The average Bonchev–Trinajstić information content (AvgIpc) is 3.10. The summed E-state index contributed by atoms with van der Waals surface area (Å²) in [7, 11) is -3.53. The van der Waals surface area contributed by atoms with Crippen LogP contribution in [-0.2, 0) is 21.4 Å². The van der Waals surface area contributed by atoms with Crippen molar-refractivity contribution in [3.63, 3.8) is 0 Å². The second-order valence-electron chi connectivity index (χ2n) is 6.38. The molecule has 1 amide bonds. The molecule has 0 spiro atoms. The molecule has 0 fully saturated rings. The number of fused-ring (bicyclic) bond motifs is 1. The largest absolute Gasteiger partial charge is 0.454 e. The third kappa shape index (κ3) is 5.13. The normalized spacial score (nSPS) is 12.6. The van der Waals surface area contributed by atoms with Crippen molar-refractivity contribution in [2.45, 2.75) is 19.4 Å². The molecule has 0 aliphatic carbocycles. The molecule has 2 aromatic carbocycles. The number of anilines is 1. The Balaban J connectivity index is 1.55. The van der Waals surface area contributed by atoms with Crippen LogP contribution in [0.2, 0.25) is 0 Å². The van der Waals surface area contributed by atoms with E-state index < -0.39 is 10.0 Å². The zero-order chi connectivity index (χ0) is 20.1. The summed E-state index contributed by atoms with van der Waals surface area (Å²) in [5.41, 5.74) is 1.11. The molecule has 7 nitrogen and oxygen atoms in total. The van der Waals surface area contributed by atoms with E-state index in [1.54, 1.807) is 30.3 Å². The van der Waals surface area contributed by atoms with Crippen molar-refractivity contribution in [3.8, 4) is 11.5 Å². The minimum Gasteiger partial charge on any atom is -0.454 e. The lowest BCUT2D eigenvalue weighted by molar-refractivity contribution is -0.121. The predicted molar refractivity (Wildman–Crippen MR) is 102 cm³/mol. The topological polar surface area (TPSA) is 84.9 Å². The SMILES string of the molecule is CS(=O)(=O)N(CCCC(=O)NCc1cccc(F)c1)c1ccc2c(c1)OCO2. The standard InChI is InChI=1S/C19H21FN2O5S/c1-28(24,25)22(16-7-8-17-18(11-16)27-13-26-17)9-3-6-19(23)21-12-14-4-2-5-15(20)10-14/h2,4-5,7-8,10-11H,3,6,9,12-13H2,1H3,(H,21,23). The molecule has 150 valence electrons. The second-order valence-corrected chi connectivity index (χ2v) is 8.29. The van der Waals surface area contributed by atoms with Crippen molar-refractivity contribution in [2.75, 3.05) is 23.9 Å². The zero-order valence-corrected chi connectivity index (χ0v) is 16.2. The third-order valence-corrected chi connectivity index (χ3v) is 5.38. The fraction of sp³-hybridized carbons (Fsp3) is 0.316. The van der Waals surface area contributed by atoms with Crippen LogP contribution >= 0.6 is 0 Å². The Labute approximate surface area is 163 Å². The molecule has 3 rings (SSSR count). The molecule has 28 heavy (non-hydrogen) atoms. The number of hydrogen-bond acceptors (Lipinski definition) is 5. The summed E-state index contributed by atoms with van der Waals surface area (Å²) in [4.78, 5) is 12.0. The number of carbonyl (C=O) groups is 1. The van der Waals surface area contributed by atoms with Gasteiger partial charge in [0.05, 0.1) is 11.9 Å². The number of ether oxygens (including phenoxy) is 2. The molecular formula is C19H21FN2O5S. The molecule has 0 saturated carbocycles. The molecule has 1 aliphatic heterocycles. The Morgan fingerprint density at radius 3 is 2.71 bits per heavy atom. The number of benzene rings is 2. The van der Waals surface area contributed by atoms with Gasteiger partial charge in [-0.15, -0.1) is 0 Å². The number of nitrogens with one attached hydrogen (secondary N) is 1. The van der Waals surface area contributed by atoms with Gasteiger partial charge in [-0.25, -0.2) is 12.8 Å². The molecule has 1 aliphatic rings. The summed E-state index contributed by atoms with van der Waals surface area (Å²) in [6.45, 7) is 0.462. The molecule has 1 heterocycles. The monoisotopic (exact) mass is 408 g/mol. The number of carbonyl (C=O) groups excluding carboxylic acids is 1. The summed E-state index contributed by atoms with van der Waals surface area (Å²) in [6.07, 6.45) is 1.59. The molecule has 0 bridgehead atoms. The van der Waals surface area contributed by atoms with E-state index in [2.05, 4.69) is 5.32 Å². The van der Waals surface area contributed by atoms with Gasteiger partial charge in [0.25, 0.3) is 0 Å². The van der Waals surface area contributed by atoms with Crippen LogP contribution in [0, 0.1) is 5.82 Å². The Morgan fingerprint density at radius 1 is 1.18 bits per heavy atom. The van der Waals surface area contributed by atoms with E-state index in [9.17, 15) is 17.6 Å². The van der Waals surface area contributed by atoms with Crippen LogP contribution in [0.1, 0.15) is 18.4 Å². The van der Waals surface area contributed by atoms with Gasteiger partial charge < -0.3 is 14.8 Å². The van der Waals surface area contributed by atoms with Crippen LogP contribution in [0.25, 0.3) is 0 Å². The number of halogens is 1. The zero-order valence-electron chi connectivity index (χ0n) is 15.4. The molecule has 9 heteroatoms. The quantitative estimate of drug-likeness (QED) is 0.725. The van der Waals surface area contributed by atoms with Crippen molar-refractivity contribution in [3.05, 3.63) is 53.8 Å². The lowest BCUT2D eigenvalue weighted by atomic mass is 10.2. The molecular weight excluding hydrogens is 387 g/mol. The first-order valence-electron chi connectivity index (χ1n) is 8.71. The number of nitrogens with zero attached hydrogens (tertiary/aromatic N) is 1. The number of rotatable bonds is 8.